The fourth-order valence-corrected chi connectivity index (χ4v) is 4.06. The SMILES string of the molecule is Cc1ccc(CNC(=O)N[C@@H](Cc2ccc3c(c2)OCCO3)CN2CCCC2)cc1. The number of nitrogens with one attached hydrogen (secondary N) is 2. The molecule has 0 spiro atoms. The molecule has 6 heteroatoms. The maximum absolute atomic E-state index is 12.6. The van der Waals surface area contributed by atoms with E-state index in [-0.39, 0.29) is 12.1 Å². The predicted molar refractivity (Wildman–Crippen MR) is 117 cm³/mol. The Bertz CT molecular complexity index is 847. The van der Waals surface area contributed by atoms with Gasteiger partial charge in [-0.2, -0.15) is 0 Å². The standard InChI is InChI=1S/C24H31N3O3/c1-18-4-6-19(7-5-18)16-25-24(28)26-21(17-27-10-2-3-11-27)14-20-8-9-22-23(15-20)30-13-12-29-22/h4-9,15,21H,2-3,10-14,16-17H2,1H3,(H2,25,26,28)/t21-/m0/s1. The molecule has 2 aliphatic rings. The Morgan fingerprint density at radius 3 is 2.47 bits per heavy atom. The number of urea groups is 1. The van der Waals surface area contributed by atoms with Crippen LogP contribution in [0.1, 0.15) is 29.5 Å². The van der Waals surface area contributed by atoms with Gasteiger partial charge in [-0.25, -0.2) is 4.79 Å². The normalized spacial score (nSPS) is 16.8. The summed E-state index contributed by atoms with van der Waals surface area (Å²) >= 11 is 0. The largest absolute Gasteiger partial charge is 0.486 e. The summed E-state index contributed by atoms with van der Waals surface area (Å²) in [5.74, 6) is 1.59. The zero-order valence-corrected chi connectivity index (χ0v) is 17.7. The third kappa shape index (κ3) is 5.66. The molecule has 6 nitrogen and oxygen atoms in total. The second-order valence-electron chi connectivity index (χ2n) is 8.20. The Morgan fingerprint density at radius 2 is 1.70 bits per heavy atom. The third-order valence-corrected chi connectivity index (χ3v) is 5.67. The van der Waals surface area contributed by atoms with Crippen molar-refractivity contribution in [2.24, 2.45) is 0 Å². The minimum Gasteiger partial charge on any atom is -0.486 e. The second-order valence-corrected chi connectivity index (χ2v) is 8.20. The van der Waals surface area contributed by atoms with E-state index in [2.05, 4.69) is 40.7 Å². The number of rotatable bonds is 7. The van der Waals surface area contributed by atoms with E-state index in [1.807, 2.05) is 24.3 Å². The molecular formula is C24H31N3O3. The maximum atomic E-state index is 12.6. The van der Waals surface area contributed by atoms with Crippen molar-refractivity contribution >= 4 is 6.03 Å². The first-order valence-corrected chi connectivity index (χ1v) is 10.9. The molecule has 2 heterocycles. The topological polar surface area (TPSA) is 62.8 Å². The van der Waals surface area contributed by atoms with Crippen molar-refractivity contribution in [1.82, 2.24) is 15.5 Å². The molecule has 2 N–H and O–H groups in total. The molecule has 2 aliphatic heterocycles. The zero-order valence-electron chi connectivity index (χ0n) is 17.7. The molecule has 2 aromatic rings. The number of benzene rings is 2. The molecule has 0 aromatic heterocycles. The molecule has 0 radical (unpaired) electrons. The lowest BCUT2D eigenvalue weighted by Gasteiger charge is -2.25. The van der Waals surface area contributed by atoms with Crippen LogP contribution >= 0.6 is 0 Å². The summed E-state index contributed by atoms with van der Waals surface area (Å²) in [6.07, 6.45) is 3.22. The van der Waals surface area contributed by atoms with E-state index >= 15 is 0 Å². The van der Waals surface area contributed by atoms with E-state index in [0.29, 0.717) is 19.8 Å². The van der Waals surface area contributed by atoms with Gasteiger partial charge in [-0.15, -0.1) is 0 Å². The lowest BCUT2D eigenvalue weighted by molar-refractivity contribution is 0.171. The third-order valence-electron chi connectivity index (χ3n) is 5.67. The summed E-state index contributed by atoms with van der Waals surface area (Å²) in [6, 6.07) is 14.2. The molecule has 1 saturated heterocycles. The van der Waals surface area contributed by atoms with Gasteiger partial charge in [-0.05, 0) is 62.5 Å². The van der Waals surface area contributed by atoms with Gasteiger partial charge >= 0.3 is 6.03 Å². The van der Waals surface area contributed by atoms with Crippen molar-refractivity contribution in [3.05, 3.63) is 59.2 Å². The van der Waals surface area contributed by atoms with Crippen molar-refractivity contribution in [3.8, 4) is 11.5 Å². The number of aryl methyl sites for hydroxylation is 1. The minimum absolute atomic E-state index is 0.0312. The van der Waals surface area contributed by atoms with Gasteiger partial charge in [0.1, 0.15) is 13.2 Å². The summed E-state index contributed by atoms with van der Waals surface area (Å²) in [5, 5.41) is 6.19. The average Bonchev–Trinajstić information content (AvgIpc) is 3.26. The Morgan fingerprint density at radius 1 is 1.00 bits per heavy atom. The van der Waals surface area contributed by atoms with Crippen LogP contribution in [0.4, 0.5) is 4.79 Å². The summed E-state index contributed by atoms with van der Waals surface area (Å²) in [4.78, 5) is 15.0. The Hall–Kier alpha value is -2.73. The Balaban J connectivity index is 1.37. The monoisotopic (exact) mass is 409 g/mol. The summed E-state index contributed by atoms with van der Waals surface area (Å²) in [5.41, 5.74) is 3.45. The number of fused-ring (bicyclic) bond motifs is 1. The lowest BCUT2D eigenvalue weighted by Crippen LogP contribution is -2.48. The molecule has 30 heavy (non-hydrogen) atoms. The predicted octanol–water partition coefficient (Wildman–Crippen LogP) is 3.27. The number of hydrogen-bond acceptors (Lipinski definition) is 4. The number of nitrogens with zero attached hydrogens (tertiary/aromatic N) is 1. The van der Waals surface area contributed by atoms with Gasteiger partial charge in [0.05, 0.1) is 0 Å². The van der Waals surface area contributed by atoms with Crippen molar-refractivity contribution in [3.63, 3.8) is 0 Å². The molecule has 1 fully saturated rings. The molecule has 0 saturated carbocycles. The van der Waals surface area contributed by atoms with Crippen molar-refractivity contribution < 1.29 is 14.3 Å². The van der Waals surface area contributed by atoms with E-state index < -0.39 is 0 Å². The fraction of sp³-hybridized carbons (Fsp3) is 0.458. The molecular weight excluding hydrogens is 378 g/mol. The summed E-state index contributed by atoms with van der Waals surface area (Å²) in [7, 11) is 0. The first-order chi connectivity index (χ1) is 14.7. The van der Waals surface area contributed by atoms with Crippen LogP contribution in [-0.4, -0.2) is 49.8 Å². The van der Waals surface area contributed by atoms with Crippen LogP contribution in [0, 0.1) is 6.92 Å². The Labute approximate surface area is 178 Å². The fourth-order valence-electron chi connectivity index (χ4n) is 4.06. The summed E-state index contributed by atoms with van der Waals surface area (Å²) < 4.78 is 11.3. The van der Waals surface area contributed by atoms with Crippen molar-refractivity contribution in [2.75, 3.05) is 32.8 Å². The molecule has 2 amide bonds. The summed E-state index contributed by atoms with van der Waals surface area (Å²) in [6.45, 7) is 6.80. The van der Waals surface area contributed by atoms with Gasteiger partial charge in [-0.1, -0.05) is 35.9 Å². The van der Waals surface area contributed by atoms with E-state index in [1.165, 1.54) is 18.4 Å². The van der Waals surface area contributed by atoms with Crippen molar-refractivity contribution in [1.29, 1.82) is 0 Å². The van der Waals surface area contributed by atoms with Gasteiger partial charge in [0, 0.05) is 19.1 Å². The number of carbonyl (C=O) groups excluding carboxylic acids is 1. The highest BCUT2D eigenvalue weighted by atomic mass is 16.6. The molecule has 1 atom stereocenters. The highest BCUT2D eigenvalue weighted by molar-refractivity contribution is 5.74. The molecule has 0 aliphatic carbocycles. The Kier molecular flexibility index (Phi) is 6.74. The van der Waals surface area contributed by atoms with Gasteiger partial charge in [-0.3, -0.25) is 0 Å². The van der Waals surface area contributed by atoms with Gasteiger partial charge in [0.25, 0.3) is 0 Å². The molecule has 4 rings (SSSR count). The molecule has 160 valence electrons. The number of carbonyl (C=O) groups is 1. The first-order valence-electron chi connectivity index (χ1n) is 10.9. The molecule has 2 aromatic carbocycles. The smallest absolute Gasteiger partial charge is 0.315 e. The van der Waals surface area contributed by atoms with Gasteiger partial charge in [0.15, 0.2) is 11.5 Å². The highest BCUT2D eigenvalue weighted by Gasteiger charge is 2.21. The zero-order chi connectivity index (χ0) is 20.8. The van der Waals surface area contributed by atoms with E-state index in [9.17, 15) is 4.79 Å². The van der Waals surface area contributed by atoms with Crippen LogP contribution in [0.5, 0.6) is 11.5 Å². The van der Waals surface area contributed by atoms with E-state index in [1.54, 1.807) is 0 Å². The molecule has 0 bridgehead atoms. The van der Waals surface area contributed by atoms with Crippen LogP contribution in [0.2, 0.25) is 0 Å². The van der Waals surface area contributed by atoms with Crippen LogP contribution in [0.3, 0.4) is 0 Å². The number of ether oxygens (including phenoxy) is 2. The van der Waals surface area contributed by atoms with Gasteiger partial charge in [0.2, 0.25) is 0 Å². The van der Waals surface area contributed by atoms with Gasteiger partial charge < -0.3 is 25.0 Å². The van der Waals surface area contributed by atoms with Crippen molar-refractivity contribution in [2.45, 2.75) is 38.8 Å². The minimum atomic E-state index is -0.127. The molecule has 0 unspecified atom stereocenters. The van der Waals surface area contributed by atoms with E-state index in [4.69, 9.17) is 9.47 Å². The number of amides is 2. The highest BCUT2D eigenvalue weighted by Crippen LogP contribution is 2.31. The first kappa shape index (κ1) is 20.5. The number of likely N-dealkylation sites (tertiary alicyclic amines) is 1. The average molecular weight is 410 g/mol. The quantitative estimate of drug-likeness (QED) is 0.737. The van der Waals surface area contributed by atoms with Crippen LogP contribution in [0.25, 0.3) is 0 Å². The number of hydrogen-bond donors (Lipinski definition) is 2. The van der Waals surface area contributed by atoms with Crippen LogP contribution in [0.15, 0.2) is 42.5 Å². The van der Waals surface area contributed by atoms with Crippen LogP contribution < -0.4 is 20.1 Å². The maximum Gasteiger partial charge on any atom is 0.315 e. The second kappa shape index (κ2) is 9.85. The lowest BCUT2D eigenvalue weighted by atomic mass is 10.0. The van der Waals surface area contributed by atoms with E-state index in [0.717, 1.165) is 48.7 Å². The van der Waals surface area contributed by atoms with Crippen LogP contribution in [-0.2, 0) is 13.0 Å².